The second kappa shape index (κ2) is 4.30. The van der Waals surface area contributed by atoms with Gasteiger partial charge < -0.3 is 0 Å². The molecule has 1 aromatic heterocycles. The zero-order chi connectivity index (χ0) is 13.3. The molecule has 0 saturated heterocycles. The zero-order valence-corrected chi connectivity index (χ0v) is 11.2. The minimum atomic E-state index is 0.0969. The average molecular weight is 239 g/mol. The fraction of sp³-hybridized carbons (Fsp3) is 0.333. The molecule has 0 atom stereocenters. The Labute approximate surface area is 108 Å². The van der Waals surface area contributed by atoms with Gasteiger partial charge in [0, 0.05) is 5.69 Å². The fourth-order valence-corrected chi connectivity index (χ4v) is 1.89. The van der Waals surface area contributed by atoms with Gasteiger partial charge in [-0.05, 0) is 23.5 Å². The number of nitrogens with one attached hydrogen (secondary N) is 1. The van der Waals surface area contributed by atoms with Gasteiger partial charge in [0.1, 0.15) is 0 Å². The Bertz CT molecular complexity index is 609. The lowest BCUT2D eigenvalue weighted by Crippen LogP contribution is -2.10. The van der Waals surface area contributed by atoms with Gasteiger partial charge in [0.05, 0.1) is 12.3 Å². The number of H-pyrrole nitrogens is 1. The first kappa shape index (κ1) is 12.4. The Hall–Kier alpha value is -2.08. The number of nitrogens with zero attached hydrogens (tertiary/aromatic N) is 2. The molecule has 0 fully saturated rings. The van der Waals surface area contributed by atoms with Crippen molar-refractivity contribution in [2.45, 2.75) is 33.1 Å². The first-order chi connectivity index (χ1) is 8.43. The van der Waals surface area contributed by atoms with E-state index in [1.54, 1.807) is 0 Å². The number of benzene rings is 1. The van der Waals surface area contributed by atoms with Crippen LogP contribution in [0.1, 0.15) is 32.0 Å². The van der Waals surface area contributed by atoms with E-state index in [0.29, 0.717) is 5.69 Å². The highest BCUT2D eigenvalue weighted by Crippen LogP contribution is 2.33. The van der Waals surface area contributed by atoms with Gasteiger partial charge in [-0.1, -0.05) is 45.0 Å². The first-order valence-corrected chi connectivity index (χ1v) is 5.97. The third kappa shape index (κ3) is 2.14. The van der Waals surface area contributed by atoms with Gasteiger partial charge in [0.25, 0.3) is 0 Å². The summed E-state index contributed by atoms with van der Waals surface area (Å²) in [6.45, 7) is 15.6. The van der Waals surface area contributed by atoms with Gasteiger partial charge >= 0.3 is 0 Å². The number of rotatable bonds is 1. The predicted octanol–water partition coefficient (Wildman–Crippen LogP) is 4.23. The number of hydrogen-bond acceptors (Lipinski definition) is 1. The van der Waals surface area contributed by atoms with E-state index in [1.807, 2.05) is 19.1 Å². The Kier molecular flexibility index (Phi) is 2.96. The SMILES string of the molecule is [C-]#[N+]c1c(-c2cccc(C(C)(C)C)c2)n[nH]c1C. The molecule has 0 aliphatic heterocycles. The fourth-order valence-electron chi connectivity index (χ4n) is 1.89. The second-order valence-corrected chi connectivity index (χ2v) is 5.49. The van der Waals surface area contributed by atoms with Crippen molar-refractivity contribution in [3.8, 4) is 11.3 Å². The third-order valence-corrected chi connectivity index (χ3v) is 3.03. The molecular weight excluding hydrogens is 222 g/mol. The highest BCUT2D eigenvalue weighted by molar-refractivity contribution is 5.77. The Morgan fingerprint density at radius 1 is 1.28 bits per heavy atom. The molecule has 0 unspecified atom stereocenters. The number of aromatic nitrogens is 2. The van der Waals surface area contributed by atoms with Crippen molar-refractivity contribution in [3.05, 3.63) is 46.9 Å². The summed E-state index contributed by atoms with van der Waals surface area (Å²) in [5.41, 5.74) is 4.52. The molecule has 2 aromatic rings. The van der Waals surface area contributed by atoms with Crippen molar-refractivity contribution in [2.24, 2.45) is 0 Å². The van der Waals surface area contributed by atoms with Gasteiger partial charge in [-0.25, -0.2) is 4.85 Å². The molecule has 0 saturated carbocycles. The number of hydrogen-bond donors (Lipinski definition) is 1. The monoisotopic (exact) mass is 239 g/mol. The Morgan fingerprint density at radius 3 is 2.61 bits per heavy atom. The molecule has 1 N–H and O–H groups in total. The lowest BCUT2D eigenvalue weighted by molar-refractivity contribution is 0.590. The number of aryl methyl sites for hydroxylation is 1. The molecule has 2 rings (SSSR count). The van der Waals surface area contributed by atoms with Crippen LogP contribution in [0.25, 0.3) is 16.1 Å². The summed E-state index contributed by atoms with van der Waals surface area (Å²) in [5, 5.41) is 7.12. The largest absolute Gasteiger partial charge is 0.294 e. The summed E-state index contributed by atoms with van der Waals surface area (Å²) in [4.78, 5) is 3.55. The summed E-state index contributed by atoms with van der Waals surface area (Å²) in [7, 11) is 0. The van der Waals surface area contributed by atoms with Gasteiger partial charge in [-0.15, -0.1) is 0 Å². The molecule has 92 valence electrons. The highest BCUT2D eigenvalue weighted by Gasteiger charge is 2.17. The van der Waals surface area contributed by atoms with Crippen molar-refractivity contribution in [3.63, 3.8) is 0 Å². The second-order valence-electron chi connectivity index (χ2n) is 5.49. The lowest BCUT2D eigenvalue weighted by atomic mass is 9.86. The van der Waals surface area contributed by atoms with Crippen LogP contribution in [0.15, 0.2) is 24.3 Å². The van der Waals surface area contributed by atoms with Crippen LogP contribution in [0.3, 0.4) is 0 Å². The first-order valence-electron chi connectivity index (χ1n) is 5.97. The molecule has 0 amide bonds. The zero-order valence-electron chi connectivity index (χ0n) is 11.2. The molecule has 3 heteroatoms. The van der Waals surface area contributed by atoms with Crippen molar-refractivity contribution in [2.75, 3.05) is 0 Å². The van der Waals surface area contributed by atoms with Crippen LogP contribution in [0.4, 0.5) is 5.69 Å². The Morgan fingerprint density at radius 2 is 2.00 bits per heavy atom. The van der Waals surface area contributed by atoms with E-state index >= 15 is 0 Å². The van der Waals surface area contributed by atoms with E-state index in [0.717, 1.165) is 17.0 Å². The topological polar surface area (TPSA) is 33.0 Å². The summed E-state index contributed by atoms with van der Waals surface area (Å²) in [6, 6.07) is 8.25. The van der Waals surface area contributed by atoms with Crippen LogP contribution >= 0.6 is 0 Å². The van der Waals surface area contributed by atoms with E-state index in [-0.39, 0.29) is 5.41 Å². The van der Waals surface area contributed by atoms with Crippen LogP contribution < -0.4 is 0 Å². The summed E-state index contributed by atoms with van der Waals surface area (Å²) < 4.78 is 0. The van der Waals surface area contributed by atoms with Crippen molar-refractivity contribution in [1.29, 1.82) is 0 Å². The molecule has 1 heterocycles. The van der Waals surface area contributed by atoms with Crippen LogP contribution in [0, 0.1) is 13.5 Å². The van der Waals surface area contributed by atoms with Gasteiger partial charge in [-0.2, -0.15) is 5.10 Å². The van der Waals surface area contributed by atoms with Crippen molar-refractivity contribution >= 4 is 5.69 Å². The highest BCUT2D eigenvalue weighted by atomic mass is 15.1. The predicted molar refractivity (Wildman–Crippen MR) is 73.7 cm³/mol. The molecule has 0 aliphatic carbocycles. The smallest absolute Gasteiger partial charge is 0.234 e. The van der Waals surface area contributed by atoms with Crippen molar-refractivity contribution in [1.82, 2.24) is 10.2 Å². The minimum absolute atomic E-state index is 0.0969. The molecule has 1 aromatic carbocycles. The normalized spacial score (nSPS) is 11.3. The molecule has 0 spiro atoms. The van der Waals surface area contributed by atoms with Gasteiger partial charge in [-0.3, -0.25) is 5.10 Å². The van der Waals surface area contributed by atoms with Crippen LogP contribution in [-0.2, 0) is 5.41 Å². The van der Waals surface area contributed by atoms with Gasteiger partial charge in [0.2, 0.25) is 5.69 Å². The quantitative estimate of drug-likeness (QED) is 0.742. The van der Waals surface area contributed by atoms with E-state index in [9.17, 15) is 0 Å². The maximum Gasteiger partial charge on any atom is 0.234 e. The van der Waals surface area contributed by atoms with Crippen molar-refractivity contribution < 1.29 is 0 Å². The maximum absolute atomic E-state index is 7.23. The standard InChI is InChI=1S/C15H17N3/c1-10-13(16-5)14(18-17-10)11-7-6-8-12(9-11)15(2,3)4/h6-9H,1-4H3,(H,17,18). The molecule has 18 heavy (non-hydrogen) atoms. The summed E-state index contributed by atoms with van der Waals surface area (Å²) >= 11 is 0. The summed E-state index contributed by atoms with van der Waals surface area (Å²) in [6.07, 6.45) is 0. The van der Waals surface area contributed by atoms with Crippen LogP contribution in [0.5, 0.6) is 0 Å². The van der Waals surface area contributed by atoms with E-state index in [2.05, 4.69) is 47.9 Å². The average Bonchev–Trinajstić information content (AvgIpc) is 2.69. The summed E-state index contributed by atoms with van der Waals surface area (Å²) in [5.74, 6) is 0. The molecular formula is C15H17N3. The lowest BCUT2D eigenvalue weighted by Gasteiger charge is -2.19. The maximum atomic E-state index is 7.23. The molecule has 3 nitrogen and oxygen atoms in total. The molecule has 0 radical (unpaired) electrons. The van der Waals surface area contributed by atoms with Crippen LogP contribution in [-0.4, -0.2) is 10.2 Å². The minimum Gasteiger partial charge on any atom is -0.294 e. The molecule has 0 aliphatic rings. The Balaban J connectivity index is 2.56. The van der Waals surface area contributed by atoms with Gasteiger partial charge in [0.15, 0.2) is 0 Å². The third-order valence-electron chi connectivity index (χ3n) is 3.03. The van der Waals surface area contributed by atoms with E-state index in [4.69, 9.17) is 6.57 Å². The molecule has 0 bridgehead atoms. The number of aromatic amines is 1. The van der Waals surface area contributed by atoms with Crippen LogP contribution in [0.2, 0.25) is 0 Å². The van der Waals surface area contributed by atoms with E-state index in [1.165, 1.54) is 5.56 Å². The van der Waals surface area contributed by atoms with E-state index < -0.39 is 0 Å².